The summed E-state index contributed by atoms with van der Waals surface area (Å²) in [6.45, 7) is 6.93. The summed E-state index contributed by atoms with van der Waals surface area (Å²) in [5.74, 6) is -0.443. The third kappa shape index (κ3) is 3.99. The second-order valence-corrected chi connectivity index (χ2v) is 7.37. The van der Waals surface area contributed by atoms with Crippen LogP contribution in [0.4, 0.5) is 4.39 Å². The Balaban J connectivity index is 1.65. The largest absolute Gasteiger partial charge is 0.335 e. The summed E-state index contributed by atoms with van der Waals surface area (Å²) >= 11 is 1.35. The lowest BCUT2D eigenvalue weighted by Crippen LogP contribution is -2.55. The highest BCUT2D eigenvalue weighted by Gasteiger charge is 2.30. The van der Waals surface area contributed by atoms with Gasteiger partial charge in [-0.05, 0) is 30.7 Å². The Kier molecular flexibility index (Phi) is 5.46. The van der Waals surface area contributed by atoms with Crippen LogP contribution in [0, 0.1) is 5.82 Å². The van der Waals surface area contributed by atoms with Crippen molar-refractivity contribution in [1.29, 1.82) is 0 Å². The van der Waals surface area contributed by atoms with E-state index in [2.05, 4.69) is 11.6 Å². The average Bonchev–Trinajstić information content (AvgIpc) is 3.11. The van der Waals surface area contributed by atoms with Crippen molar-refractivity contribution >= 4 is 23.2 Å². The van der Waals surface area contributed by atoms with Crippen molar-refractivity contribution < 1.29 is 14.0 Å². The van der Waals surface area contributed by atoms with Crippen LogP contribution >= 0.6 is 11.3 Å². The number of hydrogen-bond donors (Lipinski definition) is 0. The van der Waals surface area contributed by atoms with E-state index in [9.17, 15) is 14.0 Å². The molecule has 0 radical (unpaired) electrons. The zero-order chi connectivity index (χ0) is 18.7. The van der Waals surface area contributed by atoms with Crippen LogP contribution in [0.1, 0.15) is 27.2 Å². The fourth-order valence-electron chi connectivity index (χ4n) is 3.00. The van der Waals surface area contributed by atoms with Gasteiger partial charge in [-0.2, -0.15) is 0 Å². The normalized spacial score (nSPS) is 17.2. The Morgan fingerprint density at radius 3 is 2.73 bits per heavy atom. The van der Waals surface area contributed by atoms with Crippen LogP contribution in [-0.4, -0.2) is 52.3 Å². The number of aromatic nitrogens is 1. The first kappa shape index (κ1) is 18.3. The van der Waals surface area contributed by atoms with E-state index in [0.29, 0.717) is 30.9 Å². The van der Waals surface area contributed by atoms with Gasteiger partial charge in [-0.1, -0.05) is 18.7 Å². The van der Waals surface area contributed by atoms with Gasteiger partial charge in [0.1, 0.15) is 10.7 Å². The molecule has 2 aromatic rings. The molecule has 0 aliphatic carbocycles. The monoisotopic (exact) mass is 373 g/mol. The number of carbonyl (C=O) groups is 2. The molecule has 1 fully saturated rings. The highest BCUT2D eigenvalue weighted by atomic mass is 32.1. The van der Waals surface area contributed by atoms with Crippen LogP contribution in [0.3, 0.4) is 0 Å². The molecule has 1 atom stereocenters. The van der Waals surface area contributed by atoms with Gasteiger partial charge in [0.15, 0.2) is 0 Å². The lowest BCUT2D eigenvalue weighted by Gasteiger charge is -2.39. The van der Waals surface area contributed by atoms with Gasteiger partial charge in [0.05, 0.1) is 11.2 Å². The molecule has 1 aliphatic rings. The number of benzene rings is 1. The van der Waals surface area contributed by atoms with E-state index in [1.165, 1.54) is 29.5 Å². The van der Waals surface area contributed by atoms with E-state index < -0.39 is 0 Å². The zero-order valence-electron chi connectivity index (χ0n) is 14.5. The standard InChI is InChI=1S/C19H20FN3O2S/c1-3-18(24)22-8-9-23(13(2)12-22)19(25)16-11-21-17(26-16)10-14-4-6-15(20)7-5-14/h3-7,11,13H,1,8-10,12H2,2H3/t13-/m0/s1. The summed E-state index contributed by atoms with van der Waals surface area (Å²) in [6.07, 6.45) is 3.46. The molecule has 1 aromatic heterocycles. The van der Waals surface area contributed by atoms with Crippen molar-refractivity contribution in [2.75, 3.05) is 19.6 Å². The van der Waals surface area contributed by atoms with Crippen LogP contribution < -0.4 is 0 Å². The number of thiazole rings is 1. The topological polar surface area (TPSA) is 53.5 Å². The van der Waals surface area contributed by atoms with Gasteiger partial charge < -0.3 is 9.80 Å². The first-order valence-electron chi connectivity index (χ1n) is 8.39. The van der Waals surface area contributed by atoms with E-state index in [-0.39, 0.29) is 23.7 Å². The summed E-state index contributed by atoms with van der Waals surface area (Å²) in [5.41, 5.74) is 0.949. The lowest BCUT2D eigenvalue weighted by molar-refractivity contribution is -0.128. The summed E-state index contributed by atoms with van der Waals surface area (Å²) in [5, 5.41) is 0.813. The van der Waals surface area contributed by atoms with E-state index in [4.69, 9.17) is 0 Å². The molecule has 3 rings (SSSR count). The van der Waals surface area contributed by atoms with E-state index >= 15 is 0 Å². The average molecular weight is 373 g/mol. The fourth-order valence-corrected chi connectivity index (χ4v) is 3.91. The number of hydrogen-bond acceptors (Lipinski definition) is 4. The molecule has 1 aliphatic heterocycles. The summed E-state index contributed by atoms with van der Waals surface area (Å²) in [6, 6.07) is 6.20. The molecule has 2 amide bonds. The van der Waals surface area contributed by atoms with E-state index in [1.54, 1.807) is 28.1 Å². The minimum absolute atomic E-state index is 0.0638. The quantitative estimate of drug-likeness (QED) is 0.775. The van der Waals surface area contributed by atoms with Crippen molar-refractivity contribution in [3.05, 3.63) is 64.4 Å². The molecule has 0 saturated carbocycles. The Labute approximate surface area is 155 Å². The van der Waals surface area contributed by atoms with E-state index in [0.717, 1.165) is 10.6 Å². The van der Waals surface area contributed by atoms with Crippen LogP contribution in [0.25, 0.3) is 0 Å². The van der Waals surface area contributed by atoms with Crippen molar-refractivity contribution in [2.24, 2.45) is 0 Å². The molecule has 26 heavy (non-hydrogen) atoms. The van der Waals surface area contributed by atoms with Crippen LogP contribution in [-0.2, 0) is 11.2 Å². The molecule has 0 N–H and O–H groups in total. The second kappa shape index (κ2) is 7.78. The molecule has 5 nitrogen and oxygen atoms in total. The highest BCUT2D eigenvalue weighted by Crippen LogP contribution is 2.21. The van der Waals surface area contributed by atoms with Gasteiger partial charge in [0.2, 0.25) is 5.91 Å². The molecule has 0 spiro atoms. The Morgan fingerprint density at radius 2 is 2.08 bits per heavy atom. The van der Waals surface area contributed by atoms with Crippen LogP contribution in [0.2, 0.25) is 0 Å². The SMILES string of the molecule is C=CC(=O)N1CCN(C(=O)c2cnc(Cc3ccc(F)cc3)s2)[C@@H](C)C1. The number of carbonyl (C=O) groups excluding carboxylic acids is 2. The highest BCUT2D eigenvalue weighted by molar-refractivity contribution is 7.13. The van der Waals surface area contributed by atoms with Crippen molar-refractivity contribution in [1.82, 2.24) is 14.8 Å². The Bertz CT molecular complexity index is 818. The predicted octanol–water partition coefficient (Wildman–Crippen LogP) is 2.73. The maximum Gasteiger partial charge on any atom is 0.265 e. The molecule has 0 bridgehead atoms. The minimum Gasteiger partial charge on any atom is -0.335 e. The summed E-state index contributed by atoms with van der Waals surface area (Å²) in [7, 11) is 0. The second-order valence-electron chi connectivity index (χ2n) is 6.26. The predicted molar refractivity (Wildman–Crippen MR) is 98.6 cm³/mol. The van der Waals surface area contributed by atoms with Gasteiger partial charge >= 0.3 is 0 Å². The molecule has 2 heterocycles. The third-order valence-electron chi connectivity index (χ3n) is 4.41. The Hall–Kier alpha value is -2.54. The third-order valence-corrected chi connectivity index (χ3v) is 5.39. The molecular weight excluding hydrogens is 353 g/mol. The van der Waals surface area contributed by atoms with E-state index in [1.807, 2.05) is 6.92 Å². The number of rotatable bonds is 4. The maximum absolute atomic E-state index is 13.0. The molecule has 1 saturated heterocycles. The zero-order valence-corrected chi connectivity index (χ0v) is 15.3. The molecule has 7 heteroatoms. The fraction of sp³-hybridized carbons (Fsp3) is 0.316. The van der Waals surface area contributed by atoms with Crippen molar-refractivity contribution in [3.8, 4) is 0 Å². The molecule has 1 aromatic carbocycles. The number of piperazine rings is 1. The van der Waals surface area contributed by atoms with Gasteiger partial charge in [0, 0.05) is 32.1 Å². The maximum atomic E-state index is 13.0. The van der Waals surface area contributed by atoms with Gasteiger partial charge in [0.25, 0.3) is 5.91 Å². The smallest absolute Gasteiger partial charge is 0.265 e. The molecule has 0 unspecified atom stereocenters. The van der Waals surface area contributed by atoms with Crippen LogP contribution in [0.5, 0.6) is 0 Å². The van der Waals surface area contributed by atoms with Gasteiger partial charge in [-0.15, -0.1) is 11.3 Å². The molecule has 136 valence electrons. The molecular formula is C19H20FN3O2S. The number of halogens is 1. The Morgan fingerprint density at radius 1 is 1.35 bits per heavy atom. The van der Waals surface area contributed by atoms with Gasteiger partial charge in [-0.25, -0.2) is 9.37 Å². The number of nitrogens with zero attached hydrogens (tertiary/aromatic N) is 3. The van der Waals surface area contributed by atoms with Crippen molar-refractivity contribution in [3.63, 3.8) is 0 Å². The minimum atomic E-state index is -0.271. The lowest BCUT2D eigenvalue weighted by atomic mass is 10.1. The number of amides is 2. The summed E-state index contributed by atoms with van der Waals surface area (Å²) < 4.78 is 13.0. The van der Waals surface area contributed by atoms with Gasteiger partial charge in [-0.3, -0.25) is 9.59 Å². The first-order valence-corrected chi connectivity index (χ1v) is 9.21. The summed E-state index contributed by atoms with van der Waals surface area (Å²) in [4.78, 5) is 32.9. The first-order chi connectivity index (χ1) is 12.5. The van der Waals surface area contributed by atoms with Crippen molar-refractivity contribution in [2.45, 2.75) is 19.4 Å². The van der Waals surface area contributed by atoms with Crippen LogP contribution in [0.15, 0.2) is 43.1 Å².